The molecule has 0 fully saturated rings. The maximum Gasteiger partial charge on any atom is 0.253 e. The highest BCUT2D eigenvalue weighted by Crippen LogP contribution is 2.24. The molecule has 0 radical (unpaired) electrons. The van der Waals surface area contributed by atoms with Gasteiger partial charge in [-0.25, -0.2) is 0 Å². The third kappa shape index (κ3) is 2.68. The summed E-state index contributed by atoms with van der Waals surface area (Å²) in [6.07, 6.45) is 8.00. The number of pyridine rings is 1. The Morgan fingerprint density at radius 2 is 2.17 bits per heavy atom. The van der Waals surface area contributed by atoms with E-state index in [2.05, 4.69) is 15.3 Å². The van der Waals surface area contributed by atoms with Gasteiger partial charge in [0.15, 0.2) is 0 Å². The average Bonchev–Trinajstić information content (AvgIpc) is 3.23. The summed E-state index contributed by atoms with van der Waals surface area (Å²) in [6, 6.07) is 9.54. The van der Waals surface area contributed by atoms with Gasteiger partial charge in [-0.1, -0.05) is 0 Å². The van der Waals surface area contributed by atoms with Crippen LogP contribution in [0.15, 0.2) is 47.2 Å². The van der Waals surface area contributed by atoms with Crippen molar-refractivity contribution in [2.24, 2.45) is 0 Å². The van der Waals surface area contributed by atoms with Crippen molar-refractivity contribution in [2.45, 2.75) is 6.42 Å². The maximum absolute atomic E-state index is 11.9. The van der Waals surface area contributed by atoms with E-state index < -0.39 is 0 Å². The predicted octanol–water partition coefficient (Wildman–Crippen LogP) is 3.13. The Balaban J connectivity index is 1.65. The largest absolute Gasteiger partial charge is 0.465 e. The second kappa shape index (κ2) is 5.61. The van der Waals surface area contributed by atoms with Gasteiger partial charge in [0.1, 0.15) is 5.76 Å². The first-order chi connectivity index (χ1) is 11.3. The van der Waals surface area contributed by atoms with Gasteiger partial charge in [0, 0.05) is 36.1 Å². The SMILES string of the molecule is O=C1NCCc2[nH]c(-c3ccnc(C=Cc4ccco4)c3)cc21. The molecule has 0 bridgehead atoms. The van der Waals surface area contributed by atoms with Crippen LogP contribution in [0.5, 0.6) is 0 Å². The molecule has 0 saturated carbocycles. The minimum absolute atomic E-state index is 0.0132. The van der Waals surface area contributed by atoms with Gasteiger partial charge in [-0.05, 0) is 42.5 Å². The van der Waals surface area contributed by atoms with Crippen molar-refractivity contribution < 1.29 is 9.21 Å². The normalized spacial score (nSPS) is 14.0. The Morgan fingerprint density at radius 1 is 1.22 bits per heavy atom. The molecule has 1 aliphatic heterocycles. The van der Waals surface area contributed by atoms with E-state index in [9.17, 15) is 4.79 Å². The molecule has 4 rings (SSSR count). The molecule has 114 valence electrons. The number of aromatic amines is 1. The van der Waals surface area contributed by atoms with Gasteiger partial charge in [0.2, 0.25) is 0 Å². The topological polar surface area (TPSA) is 70.9 Å². The lowest BCUT2D eigenvalue weighted by Crippen LogP contribution is -2.31. The highest BCUT2D eigenvalue weighted by Gasteiger charge is 2.19. The van der Waals surface area contributed by atoms with Crippen LogP contribution >= 0.6 is 0 Å². The molecule has 1 amide bonds. The molecule has 0 unspecified atom stereocenters. The van der Waals surface area contributed by atoms with Gasteiger partial charge >= 0.3 is 0 Å². The van der Waals surface area contributed by atoms with E-state index in [1.807, 2.05) is 42.5 Å². The maximum atomic E-state index is 11.9. The number of hydrogen-bond donors (Lipinski definition) is 2. The molecule has 1 aliphatic rings. The molecule has 23 heavy (non-hydrogen) atoms. The van der Waals surface area contributed by atoms with Crippen LogP contribution in [-0.2, 0) is 6.42 Å². The molecule has 0 saturated heterocycles. The van der Waals surface area contributed by atoms with Crippen LogP contribution in [0.1, 0.15) is 27.5 Å². The Bertz CT molecular complexity index is 876. The summed E-state index contributed by atoms with van der Waals surface area (Å²) in [4.78, 5) is 19.6. The van der Waals surface area contributed by atoms with Crippen LogP contribution in [0, 0.1) is 0 Å². The first kappa shape index (κ1) is 13.6. The average molecular weight is 305 g/mol. The molecule has 2 N–H and O–H groups in total. The second-order valence-electron chi connectivity index (χ2n) is 5.40. The predicted molar refractivity (Wildman–Crippen MR) is 87.7 cm³/mol. The van der Waals surface area contributed by atoms with Crippen LogP contribution in [0.25, 0.3) is 23.4 Å². The molecule has 5 nitrogen and oxygen atoms in total. The number of nitrogens with zero attached hydrogens (tertiary/aromatic N) is 1. The highest BCUT2D eigenvalue weighted by atomic mass is 16.3. The van der Waals surface area contributed by atoms with Crippen molar-refractivity contribution in [1.29, 1.82) is 0 Å². The number of hydrogen-bond acceptors (Lipinski definition) is 3. The molecule has 3 aromatic rings. The first-order valence-corrected chi connectivity index (χ1v) is 7.48. The third-order valence-corrected chi connectivity index (χ3v) is 3.86. The Kier molecular flexibility index (Phi) is 3.31. The summed E-state index contributed by atoms with van der Waals surface area (Å²) in [6.45, 7) is 0.680. The minimum atomic E-state index is -0.0132. The smallest absolute Gasteiger partial charge is 0.253 e. The molecule has 0 aromatic carbocycles. The molecule has 0 spiro atoms. The van der Waals surface area contributed by atoms with Gasteiger partial charge in [-0.3, -0.25) is 9.78 Å². The fourth-order valence-electron chi connectivity index (χ4n) is 2.71. The Morgan fingerprint density at radius 3 is 3.00 bits per heavy atom. The van der Waals surface area contributed by atoms with Gasteiger partial charge in [0.05, 0.1) is 17.5 Å². The summed E-state index contributed by atoms with van der Waals surface area (Å²) in [5.41, 5.74) is 4.49. The molecule has 3 aromatic heterocycles. The highest BCUT2D eigenvalue weighted by molar-refractivity contribution is 5.97. The van der Waals surface area contributed by atoms with Gasteiger partial charge in [-0.15, -0.1) is 0 Å². The van der Waals surface area contributed by atoms with E-state index in [4.69, 9.17) is 4.42 Å². The number of amides is 1. The number of carbonyl (C=O) groups is 1. The lowest BCUT2D eigenvalue weighted by molar-refractivity contribution is 0.0946. The van der Waals surface area contributed by atoms with E-state index in [-0.39, 0.29) is 5.91 Å². The fraction of sp³-hybridized carbons (Fsp3) is 0.111. The number of rotatable bonds is 3. The van der Waals surface area contributed by atoms with Crippen molar-refractivity contribution in [3.63, 3.8) is 0 Å². The minimum Gasteiger partial charge on any atom is -0.465 e. The lowest BCUT2D eigenvalue weighted by atomic mass is 10.1. The van der Waals surface area contributed by atoms with Crippen LogP contribution in [-0.4, -0.2) is 22.4 Å². The van der Waals surface area contributed by atoms with Gasteiger partial charge in [-0.2, -0.15) is 0 Å². The quantitative estimate of drug-likeness (QED) is 0.781. The third-order valence-electron chi connectivity index (χ3n) is 3.86. The summed E-state index contributed by atoms with van der Waals surface area (Å²) in [5, 5.41) is 2.86. The van der Waals surface area contributed by atoms with Crippen LogP contribution in [0.3, 0.4) is 0 Å². The number of aromatic nitrogens is 2. The number of furan rings is 1. The Hall–Kier alpha value is -3.08. The van der Waals surface area contributed by atoms with Crippen molar-refractivity contribution in [3.8, 4) is 11.3 Å². The van der Waals surface area contributed by atoms with Crippen LogP contribution in [0.4, 0.5) is 0 Å². The monoisotopic (exact) mass is 305 g/mol. The number of carbonyl (C=O) groups excluding carboxylic acids is 1. The summed E-state index contributed by atoms with van der Waals surface area (Å²) >= 11 is 0. The van der Waals surface area contributed by atoms with Gasteiger partial charge in [0.25, 0.3) is 5.91 Å². The summed E-state index contributed by atoms with van der Waals surface area (Å²) < 4.78 is 5.27. The molecule has 0 aliphatic carbocycles. The summed E-state index contributed by atoms with van der Waals surface area (Å²) in [7, 11) is 0. The zero-order chi connectivity index (χ0) is 15.6. The lowest BCUT2D eigenvalue weighted by Gasteiger charge is -2.10. The number of nitrogens with one attached hydrogen (secondary N) is 2. The molecular formula is C18H15N3O2. The molecular weight excluding hydrogens is 290 g/mol. The number of fused-ring (bicyclic) bond motifs is 1. The van der Waals surface area contributed by atoms with E-state index in [0.29, 0.717) is 6.54 Å². The zero-order valence-electron chi connectivity index (χ0n) is 12.4. The zero-order valence-corrected chi connectivity index (χ0v) is 12.4. The van der Waals surface area contributed by atoms with E-state index in [1.54, 1.807) is 12.5 Å². The summed E-state index contributed by atoms with van der Waals surface area (Å²) in [5.74, 6) is 0.768. The van der Waals surface area contributed by atoms with E-state index in [0.717, 1.165) is 40.4 Å². The second-order valence-corrected chi connectivity index (χ2v) is 5.40. The van der Waals surface area contributed by atoms with Crippen molar-refractivity contribution >= 4 is 18.1 Å². The van der Waals surface area contributed by atoms with Crippen LogP contribution < -0.4 is 5.32 Å². The Labute approximate surface area is 133 Å². The van der Waals surface area contributed by atoms with E-state index in [1.165, 1.54) is 0 Å². The first-order valence-electron chi connectivity index (χ1n) is 7.48. The van der Waals surface area contributed by atoms with Crippen LogP contribution in [0.2, 0.25) is 0 Å². The molecule has 4 heterocycles. The molecule has 5 heteroatoms. The van der Waals surface area contributed by atoms with Gasteiger partial charge < -0.3 is 14.7 Å². The fourth-order valence-corrected chi connectivity index (χ4v) is 2.71. The van der Waals surface area contributed by atoms with Crippen molar-refractivity contribution in [3.05, 3.63) is 65.5 Å². The van der Waals surface area contributed by atoms with Crippen molar-refractivity contribution in [1.82, 2.24) is 15.3 Å². The molecule has 0 atom stereocenters. The van der Waals surface area contributed by atoms with Crippen molar-refractivity contribution in [2.75, 3.05) is 6.54 Å². The standard InChI is InChI=1S/C18H15N3O2/c22-18-15-11-17(21-16(15)6-8-20-18)12-5-7-19-13(10-12)3-4-14-2-1-9-23-14/h1-5,7,9-11,21H,6,8H2,(H,20,22). The number of H-pyrrole nitrogens is 1. The van der Waals surface area contributed by atoms with E-state index >= 15 is 0 Å².